The molecule has 0 fully saturated rings. The number of fused-ring (bicyclic) bond motifs is 1. The maximum absolute atomic E-state index is 12.0. The number of nitrogens with zero attached hydrogens (tertiary/aromatic N) is 1. The van der Waals surface area contributed by atoms with Crippen molar-refractivity contribution in [1.82, 2.24) is 0 Å². The smallest absolute Gasteiger partial charge is 0.299 e. The molecule has 1 aromatic carbocycles. The Morgan fingerprint density at radius 3 is 2.74 bits per heavy atom. The normalized spacial score (nSPS) is 14.1. The van der Waals surface area contributed by atoms with Crippen molar-refractivity contribution in [2.75, 3.05) is 4.90 Å². The minimum absolute atomic E-state index is 0.383. The summed E-state index contributed by atoms with van der Waals surface area (Å²) >= 11 is 10.8. The number of carbonyl (C=O) groups is 2. The molecule has 0 unspecified atom stereocenters. The third-order valence-electron chi connectivity index (χ3n) is 2.87. The summed E-state index contributed by atoms with van der Waals surface area (Å²) in [5.41, 5.74) is 1.01. The summed E-state index contributed by atoms with van der Waals surface area (Å²) < 4.78 is 0.974. The average molecular weight is 357 g/mol. The lowest BCUT2D eigenvalue weighted by molar-refractivity contribution is -0.114. The number of hydrogen-bond donors (Lipinski definition) is 0. The van der Waals surface area contributed by atoms with E-state index in [-0.39, 0.29) is 0 Å². The maximum Gasteiger partial charge on any atom is 0.299 e. The fraction of sp³-hybridized carbons (Fsp3) is 0.0769. The lowest BCUT2D eigenvalue weighted by atomic mass is 10.1. The molecule has 1 aromatic heterocycles. The van der Waals surface area contributed by atoms with Crippen LogP contribution >= 0.6 is 38.9 Å². The molecule has 19 heavy (non-hydrogen) atoms. The molecular formula is C13H7BrClNO2S. The second kappa shape index (κ2) is 4.74. The first-order valence-corrected chi connectivity index (χ1v) is 7.50. The van der Waals surface area contributed by atoms with Crippen LogP contribution in [0.4, 0.5) is 5.69 Å². The highest BCUT2D eigenvalue weighted by molar-refractivity contribution is 9.10. The van der Waals surface area contributed by atoms with Crippen molar-refractivity contribution in [3.8, 4) is 0 Å². The van der Waals surface area contributed by atoms with Gasteiger partial charge in [-0.25, -0.2) is 0 Å². The molecular weight excluding hydrogens is 350 g/mol. The summed E-state index contributed by atoms with van der Waals surface area (Å²) in [6.45, 7) is 0.398. The average Bonchev–Trinajstić information content (AvgIpc) is 2.88. The van der Waals surface area contributed by atoms with E-state index in [4.69, 9.17) is 11.6 Å². The number of Topliss-reactive ketones (excluding diaryl/α,β-unsaturated/α-hetero) is 1. The predicted molar refractivity (Wildman–Crippen MR) is 79.0 cm³/mol. The molecule has 2 heterocycles. The SMILES string of the molecule is O=C1C(=O)N(Cc2cc(Br)cs2)c2ccc(Cl)cc21. The predicted octanol–water partition coefficient (Wildman–Crippen LogP) is 3.89. The molecule has 1 amide bonds. The fourth-order valence-electron chi connectivity index (χ4n) is 2.02. The van der Waals surface area contributed by atoms with Crippen LogP contribution in [0.3, 0.4) is 0 Å². The van der Waals surface area contributed by atoms with E-state index in [1.165, 1.54) is 16.2 Å². The molecule has 0 spiro atoms. The van der Waals surface area contributed by atoms with Crippen LogP contribution < -0.4 is 4.90 Å². The van der Waals surface area contributed by atoms with Crippen molar-refractivity contribution in [3.05, 3.63) is 49.6 Å². The topological polar surface area (TPSA) is 37.4 Å². The fourth-order valence-corrected chi connectivity index (χ4v) is 3.63. The number of ketones is 1. The molecule has 0 atom stereocenters. The van der Waals surface area contributed by atoms with Gasteiger partial charge in [0.2, 0.25) is 0 Å². The number of anilines is 1. The minimum Gasteiger partial charge on any atom is -0.300 e. The highest BCUT2D eigenvalue weighted by Crippen LogP contribution is 2.33. The molecule has 6 heteroatoms. The van der Waals surface area contributed by atoms with Gasteiger partial charge in [0.1, 0.15) is 0 Å². The number of benzene rings is 1. The van der Waals surface area contributed by atoms with Crippen LogP contribution in [-0.4, -0.2) is 11.7 Å². The quantitative estimate of drug-likeness (QED) is 0.766. The molecule has 1 aliphatic rings. The van der Waals surface area contributed by atoms with Crippen molar-refractivity contribution in [2.45, 2.75) is 6.54 Å². The Morgan fingerprint density at radius 2 is 2.05 bits per heavy atom. The van der Waals surface area contributed by atoms with Crippen LogP contribution in [0.1, 0.15) is 15.2 Å². The molecule has 0 saturated heterocycles. The highest BCUT2D eigenvalue weighted by atomic mass is 79.9. The molecule has 3 rings (SSSR count). The summed E-state index contributed by atoms with van der Waals surface area (Å²) in [6.07, 6.45) is 0. The van der Waals surface area contributed by atoms with E-state index in [1.54, 1.807) is 18.2 Å². The van der Waals surface area contributed by atoms with Crippen molar-refractivity contribution < 1.29 is 9.59 Å². The molecule has 0 saturated carbocycles. The number of carbonyl (C=O) groups excluding carboxylic acids is 2. The van der Waals surface area contributed by atoms with Crippen LogP contribution in [0, 0.1) is 0 Å². The number of thiophene rings is 1. The zero-order valence-electron chi connectivity index (χ0n) is 9.52. The van der Waals surface area contributed by atoms with E-state index in [0.29, 0.717) is 22.8 Å². The number of hydrogen-bond acceptors (Lipinski definition) is 3. The zero-order valence-corrected chi connectivity index (χ0v) is 12.7. The van der Waals surface area contributed by atoms with Gasteiger partial charge in [0.05, 0.1) is 17.8 Å². The minimum atomic E-state index is -0.498. The van der Waals surface area contributed by atoms with E-state index in [0.717, 1.165) is 9.35 Å². The molecule has 1 aliphatic heterocycles. The summed E-state index contributed by atoms with van der Waals surface area (Å²) in [4.78, 5) is 26.4. The van der Waals surface area contributed by atoms with Crippen molar-refractivity contribution >= 4 is 56.2 Å². The van der Waals surface area contributed by atoms with E-state index in [9.17, 15) is 9.59 Å². The molecule has 0 bridgehead atoms. The lowest BCUT2D eigenvalue weighted by Crippen LogP contribution is -2.28. The molecule has 0 radical (unpaired) electrons. The zero-order chi connectivity index (χ0) is 13.6. The molecule has 3 nitrogen and oxygen atoms in total. The van der Waals surface area contributed by atoms with Crippen LogP contribution in [0.2, 0.25) is 5.02 Å². The van der Waals surface area contributed by atoms with Crippen LogP contribution in [-0.2, 0) is 11.3 Å². The largest absolute Gasteiger partial charge is 0.300 e. The number of rotatable bonds is 2. The lowest BCUT2D eigenvalue weighted by Gasteiger charge is -2.15. The standard InChI is InChI=1S/C13H7BrClNO2S/c14-7-3-9(19-6-7)5-16-11-2-1-8(15)4-10(11)12(17)13(16)18/h1-4,6H,5H2. The molecule has 96 valence electrons. The third kappa shape index (κ3) is 2.22. The van der Waals surface area contributed by atoms with Gasteiger partial charge in [-0.3, -0.25) is 14.5 Å². The second-order valence-electron chi connectivity index (χ2n) is 4.11. The van der Waals surface area contributed by atoms with Gasteiger partial charge >= 0.3 is 0 Å². The van der Waals surface area contributed by atoms with E-state index in [1.807, 2.05) is 11.4 Å². The Labute approximate surface area is 126 Å². The van der Waals surface area contributed by atoms with Gasteiger partial charge in [-0.2, -0.15) is 0 Å². The maximum atomic E-state index is 12.0. The van der Waals surface area contributed by atoms with Crippen molar-refractivity contribution in [2.24, 2.45) is 0 Å². The van der Waals surface area contributed by atoms with Gasteiger partial charge in [0.25, 0.3) is 11.7 Å². The number of halogens is 2. The monoisotopic (exact) mass is 355 g/mol. The highest BCUT2D eigenvalue weighted by Gasteiger charge is 2.35. The molecule has 0 N–H and O–H groups in total. The molecule has 0 aliphatic carbocycles. The Kier molecular flexibility index (Phi) is 3.20. The van der Waals surface area contributed by atoms with E-state index in [2.05, 4.69) is 15.9 Å². The van der Waals surface area contributed by atoms with E-state index >= 15 is 0 Å². The summed E-state index contributed by atoms with van der Waals surface area (Å²) in [5.74, 6) is -0.991. The van der Waals surface area contributed by atoms with Gasteiger partial charge in [0, 0.05) is 19.8 Å². The Morgan fingerprint density at radius 1 is 1.26 bits per heavy atom. The summed E-state index contributed by atoms with van der Waals surface area (Å²) in [5, 5.41) is 2.40. The first kappa shape index (κ1) is 12.8. The van der Waals surface area contributed by atoms with Crippen LogP contribution in [0.5, 0.6) is 0 Å². The Bertz CT molecular complexity index is 698. The Hall–Kier alpha value is -1.17. The van der Waals surface area contributed by atoms with Crippen LogP contribution in [0.25, 0.3) is 0 Å². The Balaban J connectivity index is 1.99. The van der Waals surface area contributed by atoms with Gasteiger partial charge < -0.3 is 0 Å². The first-order chi connectivity index (χ1) is 9.06. The second-order valence-corrected chi connectivity index (χ2v) is 6.46. The summed E-state index contributed by atoms with van der Waals surface area (Å²) in [7, 11) is 0. The van der Waals surface area contributed by atoms with Gasteiger partial charge in [0.15, 0.2) is 0 Å². The molecule has 2 aromatic rings. The third-order valence-corrected chi connectivity index (χ3v) is 4.79. The van der Waals surface area contributed by atoms with Gasteiger partial charge in [-0.05, 0) is 40.2 Å². The first-order valence-electron chi connectivity index (χ1n) is 5.45. The van der Waals surface area contributed by atoms with Gasteiger partial charge in [-0.1, -0.05) is 11.6 Å². The van der Waals surface area contributed by atoms with Crippen LogP contribution in [0.15, 0.2) is 34.1 Å². The van der Waals surface area contributed by atoms with E-state index < -0.39 is 11.7 Å². The van der Waals surface area contributed by atoms with Gasteiger partial charge in [-0.15, -0.1) is 11.3 Å². The number of amides is 1. The van der Waals surface area contributed by atoms with Crippen molar-refractivity contribution in [3.63, 3.8) is 0 Å². The van der Waals surface area contributed by atoms with Crippen molar-refractivity contribution in [1.29, 1.82) is 0 Å². The summed E-state index contributed by atoms with van der Waals surface area (Å²) in [6, 6.07) is 6.88.